The number of rotatable bonds is 3. The minimum Gasteiger partial charge on any atom is -0.507 e. The van der Waals surface area contributed by atoms with Gasteiger partial charge in [0.2, 0.25) is 0 Å². The molecular weight excluding hydrogens is 236 g/mol. The van der Waals surface area contributed by atoms with Crippen LogP contribution in [0, 0.1) is 13.8 Å². The maximum atomic E-state index is 9.83. The van der Waals surface area contributed by atoms with Crippen LogP contribution < -0.4 is 0 Å². The van der Waals surface area contributed by atoms with E-state index in [1.807, 2.05) is 13.8 Å². The van der Waals surface area contributed by atoms with E-state index in [-0.39, 0.29) is 0 Å². The number of hydrogen-bond donors (Lipinski definition) is 1. The predicted molar refractivity (Wildman–Crippen MR) is 79.6 cm³/mol. The Morgan fingerprint density at radius 3 is 2.53 bits per heavy atom. The van der Waals surface area contributed by atoms with Gasteiger partial charge < -0.3 is 10.0 Å². The van der Waals surface area contributed by atoms with Crippen molar-refractivity contribution in [3.05, 3.63) is 28.8 Å². The second-order valence-corrected chi connectivity index (χ2v) is 6.05. The van der Waals surface area contributed by atoms with Crippen LogP contribution in [-0.2, 0) is 6.54 Å². The topological polar surface area (TPSA) is 26.7 Å². The highest BCUT2D eigenvalue weighted by molar-refractivity contribution is 5.42. The lowest BCUT2D eigenvalue weighted by Gasteiger charge is -2.36. The van der Waals surface area contributed by atoms with Crippen LogP contribution in [0.25, 0.3) is 0 Å². The molecule has 0 amide bonds. The third-order valence-electron chi connectivity index (χ3n) is 4.21. The molecule has 3 heteroatoms. The standard InChI is InChI=1S/C16H26N2O/c1-12-8-14(9-13(2)16(12)19)10-18(4)15-6-5-7-17(3)11-15/h8-9,15,19H,5-7,10-11H2,1-4H3. The maximum Gasteiger partial charge on any atom is 0.121 e. The molecule has 1 fully saturated rings. The summed E-state index contributed by atoms with van der Waals surface area (Å²) in [4.78, 5) is 4.86. The van der Waals surface area contributed by atoms with Crippen molar-refractivity contribution in [1.82, 2.24) is 9.80 Å². The third-order valence-corrected chi connectivity index (χ3v) is 4.21. The Bertz CT molecular complexity index is 421. The molecule has 1 unspecified atom stereocenters. The average molecular weight is 262 g/mol. The molecule has 2 rings (SSSR count). The van der Waals surface area contributed by atoms with E-state index in [0.717, 1.165) is 24.2 Å². The minimum atomic E-state index is 0.434. The Morgan fingerprint density at radius 1 is 1.32 bits per heavy atom. The highest BCUT2D eigenvalue weighted by Gasteiger charge is 2.21. The number of hydrogen-bond acceptors (Lipinski definition) is 3. The molecule has 0 radical (unpaired) electrons. The van der Waals surface area contributed by atoms with Crippen LogP contribution in [0.5, 0.6) is 5.75 Å². The van der Waals surface area contributed by atoms with Gasteiger partial charge in [-0.05, 0) is 64.0 Å². The molecule has 1 heterocycles. The third kappa shape index (κ3) is 3.48. The lowest BCUT2D eigenvalue weighted by molar-refractivity contribution is 0.129. The Kier molecular flexibility index (Phi) is 4.48. The predicted octanol–water partition coefficient (Wildman–Crippen LogP) is 2.54. The minimum absolute atomic E-state index is 0.434. The Balaban J connectivity index is 2.04. The van der Waals surface area contributed by atoms with Gasteiger partial charge in [-0.25, -0.2) is 0 Å². The van der Waals surface area contributed by atoms with Gasteiger partial charge in [-0.2, -0.15) is 0 Å². The van der Waals surface area contributed by atoms with Crippen molar-refractivity contribution in [3.8, 4) is 5.75 Å². The van der Waals surface area contributed by atoms with Gasteiger partial charge in [0.05, 0.1) is 0 Å². The number of nitrogens with zero attached hydrogens (tertiary/aromatic N) is 2. The fourth-order valence-corrected chi connectivity index (χ4v) is 3.05. The molecule has 1 aromatic rings. The van der Waals surface area contributed by atoms with Gasteiger partial charge >= 0.3 is 0 Å². The zero-order valence-corrected chi connectivity index (χ0v) is 12.6. The van der Waals surface area contributed by atoms with E-state index in [0.29, 0.717) is 11.8 Å². The van der Waals surface area contributed by atoms with E-state index in [1.54, 1.807) is 0 Å². The molecule has 0 spiro atoms. The first-order valence-corrected chi connectivity index (χ1v) is 7.15. The normalized spacial score (nSPS) is 21.0. The fraction of sp³-hybridized carbons (Fsp3) is 0.625. The van der Waals surface area contributed by atoms with Crippen LogP contribution in [0.3, 0.4) is 0 Å². The average Bonchev–Trinajstić information content (AvgIpc) is 2.36. The molecule has 1 aliphatic rings. The Morgan fingerprint density at radius 2 is 1.95 bits per heavy atom. The summed E-state index contributed by atoms with van der Waals surface area (Å²) < 4.78 is 0. The first kappa shape index (κ1) is 14.4. The molecule has 1 N–H and O–H groups in total. The molecular formula is C16H26N2O. The van der Waals surface area contributed by atoms with Gasteiger partial charge in [0.15, 0.2) is 0 Å². The molecule has 1 aliphatic heterocycles. The SMILES string of the molecule is Cc1cc(CN(C)C2CCCN(C)C2)cc(C)c1O. The monoisotopic (exact) mass is 262 g/mol. The quantitative estimate of drug-likeness (QED) is 0.907. The molecule has 0 bridgehead atoms. The first-order valence-electron chi connectivity index (χ1n) is 7.15. The zero-order valence-electron chi connectivity index (χ0n) is 12.6. The second-order valence-electron chi connectivity index (χ2n) is 6.05. The second kappa shape index (κ2) is 5.93. The Hall–Kier alpha value is -1.06. The van der Waals surface area contributed by atoms with Crippen molar-refractivity contribution in [2.24, 2.45) is 0 Å². The summed E-state index contributed by atoms with van der Waals surface area (Å²) in [5, 5.41) is 9.83. The number of phenolic OH excluding ortho intramolecular Hbond substituents is 1. The number of benzene rings is 1. The molecule has 1 atom stereocenters. The number of phenols is 1. The van der Waals surface area contributed by atoms with Gasteiger partial charge in [0, 0.05) is 19.1 Å². The van der Waals surface area contributed by atoms with E-state index in [1.165, 1.54) is 24.9 Å². The van der Waals surface area contributed by atoms with E-state index in [4.69, 9.17) is 0 Å². The summed E-state index contributed by atoms with van der Waals surface area (Å²) in [6, 6.07) is 4.85. The van der Waals surface area contributed by atoms with E-state index in [9.17, 15) is 5.11 Å². The van der Waals surface area contributed by atoms with Crippen LogP contribution in [-0.4, -0.2) is 48.1 Å². The van der Waals surface area contributed by atoms with Crippen molar-refractivity contribution >= 4 is 0 Å². The van der Waals surface area contributed by atoms with Crippen LogP contribution >= 0.6 is 0 Å². The zero-order chi connectivity index (χ0) is 14.0. The van der Waals surface area contributed by atoms with Gasteiger partial charge in [-0.15, -0.1) is 0 Å². The van der Waals surface area contributed by atoms with Gasteiger partial charge in [0.1, 0.15) is 5.75 Å². The van der Waals surface area contributed by atoms with E-state index >= 15 is 0 Å². The van der Waals surface area contributed by atoms with Gasteiger partial charge in [0.25, 0.3) is 0 Å². The van der Waals surface area contributed by atoms with Crippen molar-refractivity contribution < 1.29 is 5.11 Å². The van der Waals surface area contributed by atoms with Gasteiger partial charge in [-0.3, -0.25) is 4.90 Å². The maximum absolute atomic E-state index is 9.83. The van der Waals surface area contributed by atoms with Crippen LogP contribution in [0.1, 0.15) is 29.5 Å². The van der Waals surface area contributed by atoms with Crippen LogP contribution in [0.2, 0.25) is 0 Å². The van der Waals surface area contributed by atoms with Crippen molar-refractivity contribution in [1.29, 1.82) is 0 Å². The van der Waals surface area contributed by atoms with E-state index < -0.39 is 0 Å². The molecule has 19 heavy (non-hydrogen) atoms. The largest absolute Gasteiger partial charge is 0.507 e. The smallest absolute Gasteiger partial charge is 0.121 e. The summed E-state index contributed by atoms with van der Waals surface area (Å²) in [6.45, 7) is 7.29. The van der Waals surface area contributed by atoms with E-state index in [2.05, 4.69) is 36.0 Å². The van der Waals surface area contributed by atoms with Crippen molar-refractivity contribution in [2.75, 3.05) is 27.2 Å². The molecule has 1 saturated heterocycles. The summed E-state index contributed by atoms with van der Waals surface area (Å²) in [7, 11) is 4.41. The Labute approximate surface area is 116 Å². The highest BCUT2D eigenvalue weighted by atomic mass is 16.3. The molecule has 0 aromatic heterocycles. The summed E-state index contributed by atoms with van der Waals surface area (Å²) in [6.07, 6.45) is 2.58. The van der Waals surface area contributed by atoms with Crippen LogP contribution in [0.4, 0.5) is 0 Å². The lowest BCUT2D eigenvalue weighted by Crippen LogP contribution is -2.44. The number of piperidine rings is 1. The molecule has 106 valence electrons. The molecule has 0 saturated carbocycles. The van der Waals surface area contributed by atoms with Gasteiger partial charge in [-0.1, -0.05) is 12.1 Å². The van der Waals surface area contributed by atoms with Crippen molar-refractivity contribution in [3.63, 3.8) is 0 Å². The molecule has 1 aromatic carbocycles. The lowest BCUT2D eigenvalue weighted by atomic mass is 10.0. The fourth-order valence-electron chi connectivity index (χ4n) is 3.05. The highest BCUT2D eigenvalue weighted by Crippen LogP contribution is 2.24. The summed E-state index contributed by atoms with van der Waals surface area (Å²) in [5.41, 5.74) is 3.25. The molecule has 3 nitrogen and oxygen atoms in total. The number of aryl methyl sites for hydroxylation is 2. The number of likely N-dealkylation sites (tertiary alicyclic amines) is 1. The first-order chi connectivity index (χ1) is 8.97. The van der Waals surface area contributed by atoms with Crippen LogP contribution in [0.15, 0.2) is 12.1 Å². The van der Waals surface area contributed by atoms with Crippen molar-refractivity contribution in [2.45, 2.75) is 39.3 Å². The summed E-state index contributed by atoms with van der Waals surface area (Å²) in [5.74, 6) is 0.434. The number of likely N-dealkylation sites (N-methyl/N-ethyl adjacent to an activating group) is 2. The number of aromatic hydroxyl groups is 1. The molecule has 0 aliphatic carbocycles. The summed E-state index contributed by atoms with van der Waals surface area (Å²) >= 11 is 0.